The van der Waals surface area contributed by atoms with Crippen LogP contribution >= 0.6 is 25.3 Å². The van der Waals surface area contributed by atoms with E-state index in [2.05, 4.69) is 25.3 Å². The Bertz CT molecular complexity index is 122. The molecule has 0 bridgehead atoms. The number of hydrogen-bond acceptors (Lipinski definition) is 4. The number of ether oxygens (including phenoxy) is 1. The summed E-state index contributed by atoms with van der Waals surface area (Å²) in [7, 11) is 0. The molecule has 0 radical (unpaired) electrons. The quantitative estimate of drug-likeness (QED) is 0.514. The van der Waals surface area contributed by atoms with Gasteiger partial charge in [0, 0.05) is 0 Å². The van der Waals surface area contributed by atoms with Gasteiger partial charge in [-0.15, -0.1) is 0 Å². The summed E-state index contributed by atoms with van der Waals surface area (Å²) in [6.45, 7) is 2.27. The van der Waals surface area contributed by atoms with Crippen molar-refractivity contribution in [1.82, 2.24) is 0 Å². The molecule has 0 rings (SSSR count). The van der Waals surface area contributed by atoms with E-state index in [1.54, 1.807) is 0 Å². The number of carbonyl (C=O) groups excluding carboxylic acids is 1. The molecule has 72 valence electrons. The Balaban J connectivity index is 3.81. The summed E-state index contributed by atoms with van der Waals surface area (Å²) in [6, 6.07) is 0. The second kappa shape index (κ2) is 7.80. The van der Waals surface area contributed by atoms with Gasteiger partial charge in [0.15, 0.2) is 0 Å². The molecule has 0 aliphatic heterocycles. The summed E-state index contributed by atoms with van der Waals surface area (Å²) in [5, 5.41) is 0. The molecule has 12 heavy (non-hydrogen) atoms. The zero-order valence-electron chi connectivity index (χ0n) is 7.32. The molecule has 0 spiro atoms. The number of rotatable bonds is 6. The van der Waals surface area contributed by atoms with Crippen LogP contribution in [0, 0.1) is 5.92 Å². The molecule has 0 N–H and O–H groups in total. The Morgan fingerprint density at radius 1 is 1.33 bits per heavy atom. The van der Waals surface area contributed by atoms with Crippen molar-refractivity contribution in [2.75, 3.05) is 18.1 Å². The van der Waals surface area contributed by atoms with Crippen LogP contribution in [0.2, 0.25) is 0 Å². The minimum absolute atomic E-state index is 0.0139. The fourth-order valence-corrected chi connectivity index (χ4v) is 1.58. The molecule has 0 heterocycles. The van der Waals surface area contributed by atoms with Gasteiger partial charge in [-0.2, -0.15) is 25.3 Å². The van der Waals surface area contributed by atoms with Gasteiger partial charge in [0.05, 0.1) is 12.5 Å². The molecular weight excluding hydrogens is 192 g/mol. The van der Waals surface area contributed by atoms with Gasteiger partial charge in [-0.05, 0) is 31.3 Å². The standard InChI is InChI=1S/C8H16O2S2/c1-2-10-8(9)7(3-5-11)4-6-12/h7,11-12H,2-6H2,1H3. The van der Waals surface area contributed by atoms with Gasteiger partial charge in [0.25, 0.3) is 0 Å². The molecule has 0 aromatic carbocycles. The van der Waals surface area contributed by atoms with Crippen molar-refractivity contribution < 1.29 is 9.53 Å². The predicted molar refractivity (Wildman–Crippen MR) is 57.1 cm³/mol. The normalized spacial score (nSPS) is 10.3. The van der Waals surface area contributed by atoms with Crippen LogP contribution in [-0.2, 0) is 9.53 Å². The lowest BCUT2D eigenvalue weighted by Gasteiger charge is -2.12. The highest BCUT2D eigenvalue weighted by Gasteiger charge is 2.17. The monoisotopic (exact) mass is 208 g/mol. The van der Waals surface area contributed by atoms with E-state index in [-0.39, 0.29) is 11.9 Å². The minimum atomic E-state index is -0.111. The summed E-state index contributed by atoms with van der Waals surface area (Å²) >= 11 is 8.17. The summed E-state index contributed by atoms with van der Waals surface area (Å²) in [6.07, 6.45) is 1.56. The first kappa shape index (κ1) is 12.2. The second-order valence-corrected chi connectivity index (χ2v) is 3.37. The van der Waals surface area contributed by atoms with E-state index in [4.69, 9.17) is 4.74 Å². The molecule has 0 saturated heterocycles. The molecule has 0 amide bonds. The van der Waals surface area contributed by atoms with Crippen molar-refractivity contribution in [3.8, 4) is 0 Å². The SMILES string of the molecule is CCOC(=O)C(CCS)CCS. The van der Waals surface area contributed by atoms with Gasteiger partial charge < -0.3 is 4.74 Å². The molecule has 0 saturated carbocycles. The third kappa shape index (κ3) is 4.93. The highest BCUT2D eigenvalue weighted by molar-refractivity contribution is 7.80. The van der Waals surface area contributed by atoms with E-state index in [0.29, 0.717) is 6.61 Å². The van der Waals surface area contributed by atoms with E-state index < -0.39 is 0 Å². The Morgan fingerprint density at radius 2 is 1.83 bits per heavy atom. The van der Waals surface area contributed by atoms with Crippen molar-refractivity contribution in [1.29, 1.82) is 0 Å². The molecule has 0 aromatic rings. The highest BCUT2D eigenvalue weighted by atomic mass is 32.1. The van der Waals surface area contributed by atoms with Crippen LogP contribution in [0.25, 0.3) is 0 Å². The largest absolute Gasteiger partial charge is 0.466 e. The van der Waals surface area contributed by atoms with Crippen molar-refractivity contribution in [3.63, 3.8) is 0 Å². The zero-order chi connectivity index (χ0) is 9.40. The molecular formula is C8H16O2S2. The van der Waals surface area contributed by atoms with E-state index >= 15 is 0 Å². The minimum Gasteiger partial charge on any atom is -0.466 e. The number of esters is 1. The topological polar surface area (TPSA) is 26.3 Å². The lowest BCUT2D eigenvalue weighted by molar-refractivity contribution is -0.148. The predicted octanol–water partition coefficient (Wildman–Crippen LogP) is 1.81. The van der Waals surface area contributed by atoms with Gasteiger partial charge in [0.2, 0.25) is 0 Å². The van der Waals surface area contributed by atoms with Crippen LogP contribution in [0.5, 0.6) is 0 Å². The highest BCUT2D eigenvalue weighted by Crippen LogP contribution is 2.12. The van der Waals surface area contributed by atoms with Crippen LogP contribution in [0.3, 0.4) is 0 Å². The Morgan fingerprint density at radius 3 is 2.17 bits per heavy atom. The maximum absolute atomic E-state index is 11.2. The molecule has 0 aromatic heterocycles. The van der Waals surface area contributed by atoms with Crippen molar-refractivity contribution in [2.45, 2.75) is 19.8 Å². The lowest BCUT2D eigenvalue weighted by atomic mass is 10.0. The fourth-order valence-electron chi connectivity index (χ4n) is 0.952. The first-order valence-corrected chi connectivity index (χ1v) is 5.41. The molecule has 0 fully saturated rings. The lowest BCUT2D eigenvalue weighted by Crippen LogP contribution is -2.18. The molecule has 4 heteroatoms. The van der Waals surface area contributed by atoms with Crippen LogP contribution in [0.15, 0.2) is 0 Å². The maximum atomic E-state index is 11.2. The number of thiol groups is 2. The number of hydrogen-bond donors (Lipinski definition) is 2. The van der Waals surface area contributed by atoms with Crippen LogP contribution < -0.4 is 0 Å². The first-order valence-electron chi connectivity index (χ1n) is 4.14. The molecule has 0 aliphatic carbocycles. The Hall–Kier alpha value is 0.170. The second-order valence-electron chi connectivity index (χ2n) is 2.47. The van der Waals surface area contributed by atoms with Crippen LogP contribution in [0.1, 0.15) is 19.8 Å². The first-order chi connectivity index (χ1) is 5.76. The van der Waals surface area contributed by atoms with Crippen molar-refractivity contribution in [3.05, 3.63) is 0 Å². The molecule has 0 unspecified atom stereocenters. The van der Waals surface area contributed by atoms with Gasteiger partial charge >= 0.3 is 5.97 Å². The van der Waals surface area contributed by atoms with Crippen LogP contribution in [0.4, 0.5) is 0 Å². The third-order valence-corrected chi connectivity index (χ3v) is 2.09. The summed E-state index contributed by atoms with van der Waals surface area (Å²) in [5.41, 5.74) is 0. The van der Waals surface area contributed by atoms with Crippen molar-refractivity contribution in [2.24, 2.45) is 5.92 Å². The van der Waals surface area contributed by atoms with Crippen molar-refractivity contribution >= 4 is 31.2 Å². The van der Waals surface area contributed by atoms with Gasteiger partial charge in [0.1, 0.15) is 0 Å². The average molecular weight is 208 g/mol. The average Bonchev–Trinajstić information content (AvgIpc) is 2.04. The molecule has 2 nitrogen and oxygen atoms in total. The van der Waals surface area contributed by atoms with Crippen LogP contribution in [-0.4, -0.2) is 24.1 Å². The third-order valence-electron chi connectivity index (χ3n) is 1.58. The summed E-state index contributed by atoms with van der Waals surface area (Å²) < 4.78 is 4.90. The summed E-state index contributed by atoms with van der Waals surface area (Å²) in [4.78, 5) is 11.2. The molecule has 0 atom stereocenters. The van der Waals surface area contributed by atoms with Gasteiger partial charge in [-0.25, -0.2) is 0 Å². The number of carbonyl (C=O) groups is 1. The Labute approximate surface area is 84.9 Å². The van der Waals surface area contributed by atoms with E-state index in [1.165, 1.54) is 0 Å². The zero-order valence-corrected chi connectivity index (χ0v) is 9.11. The fraction of sp³-hybridized carbons (Fsp3) is 0.875. The van der Waals surface area contributed by atoms with Gasteiger partial charge in [-0.3, -0.25) is 4.79 Å². The van der Waals surface area contributed by atoms with Gasteiger partial charge in [-0.1, -0.05) is 0 Å². The Kier molecular flexibility index (Phi) is 7.91. The maximum Gasteiger partial charge on any atom is 0.308 e. The van der Waals surface area contributed by atoms with E-state index in [0.717, 1.165) is 24.3 Å². The van der Waals surface area contributed by atoms with E-state index in [9.17, 15) is 4.79 Å². The molecule has 0 aliphatic rings. The van der Waals surface area contributed by atoms with E-state index in [1.807, 2.05) is 6.92 Å². The smallest absolute Gasteiger partial charge is 0.308 e. The summed E-state index contributed by atoms with van der Waals surface area (Å²) in [5.74, 6) is 1.31.